The van der Waals surface area contributed by atoms with E-state index in [0.29, 0.717) is 6.42 Å². The number of carbonyl (C=O) groups excluding carboxylic acids is 1. The van der Waals surface area contributed by atoms with Crippen LogP contribution in [0.1, 0.15) is 43.6 Å². The lowest BCUT2D eigenvalue weighted by Crippen LogP contribution is -2.46. The molecule has 1 aromatic rings. The molecule has 0 aromatic heterocycles. The van der Waals surface area contributed by atoms with E-state index in [0.717, 1.165) is 36.1 Å². The summed E-state index contributed by atoms with van der Waals surface area (Å²) in [5, 5.41) is 0. The van der Waals surface area contributed by atoms with Gasteiger partial charge >= 0.3 is 12.1 Å². The highest BCUT2D eigenvalue weighted by Crippen LogP contribution is 2.46. The molecule has 2 N–H and O–H groups in total. The van der Waals surface area contributed by atoms with Gasteiger partial charge in [0.15, 0.2) is 0 Å². The third kappa shape index (κ3) is 3.91. The van der Waals surface area contributed by atoms with Crippen molar-refractivity contribution < 1.29 is 18.0 Å². The zero-order valence-electron chi connectivity index (χ0n) is 13.5. The lowest BCUT2D eigenvalue weighted by molar-refractivity contribution is -0.187. The zero-order valence-corrected chi connectivity index (χ0v) is 13.5. The van der Waals surface area contributed by atoms with Crippen molar-refractivity contribution in [2.45, 2.75) is 56.3 Å². The fraction of sp³-hybridized carbons (Fsp3) is 0.611. The molecule has 2 fully saturated rings. The second kappa shape index (κ2) is 6.75. The lowest BCUT2D eigenvalue weighted by Gasteiger charge is -2.32. The Morgan fingerprint density at radius 1 is 1.12 bits per heavy atom. The summed E-state index contributed by atoms with van der Waals surface area (Å²) in [5.74, 6) is -1.56. The number of hydrogen-bond donors (Lipinski definition) is 1. The van der Waals surface area contributed by atoms with E-state index < -0.39 is 12.1 Å². The summed E-state index contributed by atoms with van der Waals surface area (Å²) in [6, 6.07) is 9.28. The van der Waals surface area contributed by atoms with Crippen LogP contribution in [0.5, 0.6) is 0 Å². The summed E-state index contributed by atoms with van der Waals surface area (Å²) in [5.41, 5.74) is 6.87. The minimum Gasteiger partial charge on any atom is -0.331 e. The molecule has 0 saturated heterocycles. The first-order valence-corrected chi connectivity index (χ1v) is 8.54. The highest BCUT2D eigenvalue weighted by atomic mass is 19.4. The fourth-order valence-electron chi connectivity index (χ4n) is 3.77. The summed E-state index contributed by atoms with van der Waals surface area (Å²) in [6.45, 7) is 0.194. The monoisotopic (exact) mass is 340 g/mol. The number of benzene rings is 1. The Hall–Kier alpha value is -1.56. The van der Waals surface area contributed by atoms with Crippen LogP contribution in [0.2, 0.25) is 0 Å². The van der Waals surface area contributed by atoms with Gasteiger partial charge in [0.05, 0.1) is 0 Å². The SMILES string of the molecule is NC1CCC(CN(C(=O)C(F)(F)F)C2CC2c2ccccc2)CC1. The van der Waals surface area contributed by atoms with Crippen LogP contribution in [0.15, 0.2) is 30.3 Å². The minimum absolute atomic E-state index is 0.0170. The van der Waals surface area contributed by atoms with Gasteiger partial charge in [-0.1, -0.05) is 30.3 Å². The van der Waals surface area contributed by atoms with E-state index in [1.807, 2.05) is 30.3 Å². The van der Waals surface area contributed by atoms with Crippen LogP contribution >= 0.6 is 0 Å². The van der Waals surface area contributed by atoms with Crippen LogP contribution in [0.25, 0.3) is 0 Å². The maximum Gasteiger partial charge on any atom is 0.471 e. The van der Waals surface area contributed by atoms with Crippen molar-refractivity contribution in [3.05, 3.63) is 35.9 Å². The fourth-order valence-corrected chi connectivity index (χ4v) is 3.77. The normalized spacial score (nSPS) is 30.0. The second-order valence-corrected chi connectivity index (χ2v) is 7.06. The number of nitrogens with two attached hydrogens (primary N) is 1. The van der Waals surface area contributed by atoms with Crippen LogP contribution in [0.3, 0.4) is 0 Å². The van der Waals surface area contributed by atoms with Gasteiger partial charge in [-0.3, -0.25) is 4.79 Å². The summed E-state index contributed by atoms with van der Waals surface area (Å²) in [7, 11) is 0. The van der Waals surface area contributed by atoms with Gasteiger partial charge in [0, 0.05) is 24.5 Å². The molecule has 3 nitrogen and oxygen atoms in total. The maximum absolute atomic E-state index is 13.0. The molecular weight excluding hydrogens is 317 g/mol. The van der Waals surface area contributed by atoms with Crippen molar-refractivity contribution in [2.75, 3.05) is 6.54 Å². The van der Waals surface area contributed by atoms with Crippen LogP contribution < -0.4 is 5.73 Å². The average molecular weight is 340 g/mol. The molecule has 0 radical (unpaired) electrons. The Morgan fingerprint density at radius 2 is 1.75 bits per heavy atom. The lowest BCUT2D eigenvalue weighted by atomic mass is 9.86. The van der Waals surface area contributed by atoms with Crippen molar-refractivity contribution in [2.24, 2.45) is 11.7 Å². The Kier molecular flexibility index (Phi) is 4.85. The summed E-state index contributed by atoms with van der Waals surface area (Å²) >= 11 is 0. The molecular formula is C18H23F3N2O. The molecule has 24 heavy (non-hydrogen) atoms. The molecule has 6 heteroatoms. The molecule has 3 rings (SSSR count). The standard InChI is InChI=1S/C18H23F3N2O/c19-18(20,21)17(24)23(11-12-6-8-14(22)9-7-12)16-10-15(16)13-4-2-1-3-5-13/h1-5,12,14-16H,6-11,22H2. The van der Waals surface area contributed by atoms with Gasteiger partial charge < -0.3 is 10.6 Å². The van der Waals surface area contributed by atoms with Crippen molar-refractivity contribution in [3.8, 4) is 0 Å². The molecule has 0 spiro atoms. The number of carbonyl (C=O) groups is 1. The van der Waals surface area contributed by atoms with Gasteiger partial charge in [-0.15, -0.1) is 0 Å². The summed E-state index contributed by atoms with van der Waals surface area (Å²) < 4.78 is 39.1. The molecule has 0 heterocycles. The largest absolute Gasteiger partial charge is 0.471 e. The summed E-state index contributed by atoms with van der Waals surface area (Å²) in [6.07, 6.45) is -0.957. The zero-order chi connectivity index (χ0) is 17.3. The molecule has 2 aliphatic carbocycles. The molecule has 0 aliphatic heterocycles. The van der Waals surface area contributed by atoms with Crippen molar-refractivity contribution in [1.82, 2.24) is 4.90 Å². The average Bonchev–Trinajstić information content (AvgIpc) is 3.34. The van der Waals surface area contributed by atoms with Crippen molar-refractivity contribution in [3.63, 3.8) is 0 Å². The van der Waals surface area contributed by atoms with Gasteiger partial charge in [0.1, 0.15) is 0 Å². The quantitative estimate of drug-likeness (QED) is 0.912. The number of hydrogen-bond acceptors (Lipinski definition) is 2. The first-order chi connectivity index (χ1) is 11.4. The molecule has 2 saturated carbocycles. The number of nitrogens with zero attached hydrogens (tertiary/aromatic N) is 1. The number of halogens is 3. The Balaban J connectivity index is 1.70. The van der Waals surface area contributed by atoms with Crippen LogP contribution in [-0.4, -0.2) is 35.6 Å². The first kappa shape index (κ1) is 17.3. The first-order valence-electron chi connectivity index (χ1n) is 8.54. The molecule has 1 aromatic carbocycles. The van der Waals surface area contributed by atoms with Crippen molar-refractivity contribution in [1.29, 1.82) is 0 Å². The number of alkyl halides is 3. The van der Waals surface area contributed by atoms with E-state index in [4.69, 9.17) is 5.73 Å². The molecule has 0 bridgehead atoms. The Morgan fingerprint density at radius 3 is 2.33 bits per heavy atom. The third-order valence-corrected chi connectivity index (χ3v) is 5.23. The molecule has 1 amide bonds. The topological polar surface area (TPSA) is 46.3 Å². The molecule has 2 aliphatic rings. The molecule has 132 valence electrons. The summed E-state index contributed by atoms with van der Waals surface area (Å²) in [4.78, 5) is 13.0. The van der Waals surface area contributed by atoms with E-state index in [1.54, 1.807) is 0 Å². The smallest absolute Gasteiger partial charge is 0.331 e. The van der Waals surface area contributed by atoms with Gasteiger partial charge in [-0.2, -0.15) is 13.2 Å². The van der Waals surface area contributed by atoms with Crippen LogP contribution in [0, 0.1) is 5.92 Å². The van der Waals surface area contributed by atoms with E-state index >= 15 is 0 Å². The maximum atomic E-state index is 13.0. The molecule has 2 atom stereocenters. The Labute approximate surface area is 140 Å². The van der Waals surface area contributed by atoms with E-state index in [1.165, 1.54) is 0 Å². The molecule has 2 unspecified atom stereocenters. The highest BCUT2D eigenvalue weighted by Gasteiger charge is 2.52. The third-order valence-electron chi connectivity index (χ3n) is 5.23. The van der Waals surface area contributed by atoms with E-state index in [-0.39, 0.29) is 30.5 Å². The predicted molar refractivity (Wildman–Crippen MR) is 85.3 cm³/mol. The van der Waals surface area contributed by atoms with E-state index in [2.05, 4.69) is 0 Å². The van der Waals surface area contributed by atoms with Gasteiger partial charge in [0.2, 0.25) is 0 Å². The predicted octanol–water partition coefficient (Wildman–Crippen LogP) is 3.45. The van der Waals surface area contributed by atoms with E-state index in [9.17, 15) is 18.0 Å². The number of amides is 1. The Bertz CT molecular complexity index is 567. The minimum atomic E-state index is -4.81. The van der Waals surface area contributed by atoms with Gasteiger partial charge in [0.25, 0.3) is 0 Å². The van der Waals surface area contributed by atoms with Gasteiger partial charge in [-0.05, 0) is 43.6 Å². The van der Waals surface area contributed by atoms with Gasteiger partial charge in [-0.25, -0.2) is 0 Å². The van der Waals surface area contributed by atoms with Crippen LogP contribution in [0.4, 0.5) is 13.2 Å². The van der Waals surface area contributed by atoms with Crippen LogP contribution in [-0.2, 0) is 4.79 Å². The number of rotatable bonds is 4. The van der Waals surface area contributed by atoms with Crippen molar-refractivity contribution >= 4 is 5.91 Å². The highest BCUT2D eigenvalue weighted by molar-refractivity contribution is 5.82. The second-order valence-electron chi connectivity index (χ2n) is 7.06.